The van der Waals surface area contributed by atoms with E-state index >= 15 is 0 Å². The van der Waals surface area contributed by atoms with Gasteiger partial charge in [-0.2, -0.15) is 0 Å². The summed E-state index contributed by atoms with van der Waals surface area (Å²) in [5.41, 5.74) is 1.21. The Morgan fingerprint density at radius 3 is 2.61 bits per heavy atom. The summed E-state index contributed by atoms with van der Waals surface area (Å²) in [6.45, 7) is 0.671. The van der Waals surface area contributed by atoms with Crippen molar-refractivity contribution in [1.82, 2.24) is 10.6 Å². The van der Waals surface area contributed by atoms with Gasteiger partial charge in [0.2, 0.25) is 0 Å². The molecule has 3 rings (SSSR count). The number of aliphatic hydroxyl groups is 1. The number of carbonyl (C=O) groups excluding carboxylic acids is 1. The number of halogens is 1. The number of hydrogen-bond donors (Lipinski definition) is 3. The summed E-state index contributed by atoms with van der Waals surface area (Å²) in [7, 11) is 0. The van der Waals surface area contributed by atoms with Gasteiger partial charge in [-0.15, -0.1) is 0 Å². The Labute approximate surface area is 139 Å². The van der Waals surface area contributed by atoms with E-state index < -0.39 is 6.10 Å². The highest BCUT2D eigenvalue weighted by atomic mass is 35.5. The largest absolute Gasteiger partial charge is 0.467 e. The van der Waals surface area contributed by atoms with Crippen LogP contribution in [0.4, 0.5) is 4.79 Å². The zero-order valence-corrected chi connectivity index (χ0v) is 13.3. The van der Waals surface area contributed by atoms with E-state index in [1.165, 1.54) is 11.8 Å². The molecule has 1 aromatic heterocycles. The van der Waals surface area contributed by atoms with E-state index in [4.69, 9.17) is 16.0 Å². The second-order valence-electron chi connectivity index (χ2n) is 5.88. The summed E-state index contributed by atoms with van der Waals surface area (Å²) in [5.74, 6) is 0.435. The van der Waals surface area contributed by atoms with Crippen LogP contribution in [0.3, 0.4) is 0 Å². The highest BCUT2D eigenvalue weighted by molar-refractivity contribution is 6.30. The van der Waals surface area contributed by atoms with Crippen LogP contribution in [-0.4, -0.2) is 24.2 Å². The van der Waals surface area contributed by atoms with E-state index in [9.17, 15) is 9.90 Å². The predicted molar refractivity (Wildman–Crippen MR) is 87.4 cm³/mol. The van der Waals surface area contributed by atoms with Crippen molar-refractivity contribution in [3.63, 3.8) is 0 Å². The van der Waals surface area contributed by atoms with Crippen LogP contribution in [0, 0.1) is 0 Å². The SMILES string of the molecule is O=C(NCC(O)c1ccco1)NCC1(c2ccc(Cl)cc2)CC1. The van der Waals surface area contributed by atoms with Gasteiger partial charge >= 0.3 is 6.03 Å². The highest BCUT2D eigenvalue weighted by Crippen LogP contribution is 2.47. The molecule has 2 aromatic rings. The van der Waals surface area contributed by atoms with E-state index in [-0.39, 0.29) is 18.0 Å². The van der Waals surface area contributed by atoms with E-state index in [2.05, 4.69) is 10.6 Å². The maximum absolute atomic E-state index is 11.9. The minimum absolute atomic E-state index is 0.0154. The quantitative estimate of drug-likeness (QED) is 0.760. The molecule has 0 spiro atoms. The topological polar surface area (TPSA) is 74.5 Å². The third-order valence-electron chi connectivity index (χ3n) is 4.23. The number of nitrogens with one attached hydrogen (secondary N) is 2. The molecule has 1 aliphatic carbocycles. The normalized spacial score (nSPS) is 16.6. The standard InChI is InChI=1S/C17H19ClN2O3/c18-13-5-3-12(4-6-13)17(7-8-17)11-20-16(22)19-10-14(21)15-2-1-9-23-15/h1-6,9,14,21H,7-8,10-11H2,(H2,19,20,22). The number of hydrogen-bond acceptors (Lipinski definition) is 3. The molecule has 1 saturated carbocycles. The molecule has 23 heavy (non-hydrogen) atoms. The fourth-order valence-electron chi connectivity index (χ4n) is 2.60. The first-order valence-electron chi connectivity index (χ1n) is 7.58. The van der Waals surface area contributed by atoms with Crippen LogP contribution < -0.4 is 10.6 Å². The molecule has 1 aliphatic rings. The average molecular weight is 335 g/mol. The van der Waals surface area contributed by atoms with Gasteiger partial charge < -0.3 is 20.2 Å². The lowest BCUT2D eigenvalue weighted by atomic mass is 9.96. The maximum Gasteiger partial charge on any atom is 0.314 e. The van der Waals surface area contributed by atoms with Gasteiger partial charge in [0.25, 0.3) is 0 Å². The van der Waals surface area contributed by atoms with Crippen LogP contribution in [0.5, 0.6) is 0 Å². The number of urea groups is 1. The molecule has 0 aliphatic heterocycles. The van der Waals surface area contributed by atoms with Gasteiger partial charge in [0.05, 0.1) is 12.8 Å². The van der Waals surface area contributed by atoms with Crippen molar-refractivity contribution in [1.29, 1.82) is 0 Å². The van der Waals surface area contributed by atoms with Crippen LogP contribution in [0.15, 0.2) is 47.1 Å². The lowest BCUT2D eigenvalue weighted by Crippen LogP contribution is -2.41. The van der Waals surface area contributed by atoms with E-state index in [0.717, 1.165) is 12.8 Å². The molecule has 0 radical (unpaired) electrons. The van der Waals surface area contributed by atoms with Crippen molar-refractivity contribution in [2.45, 2.75) is 24.4 Å². The molecule has 0 bridgehead atoms. The first-order chi connectivity index (χ1) is 11.1. The maximum atomic E-state index is 11.9. The second-order valence-corrected chi connectivity index (χ2v) is 6.32. The molecule has 1 aromatic carbocycles. The zero-order valence-electron chi connectivity index (χ0n) is 12.6. The van der Waals surface area contributed by atoms with Gasteiger partial charge in [0.15, 0.2) is 0 Å². The Morgan fingerprint density at radius 2 is 2.00 bits per heavy atom. The summed E-state index contributed by atoms with van der Waals surface area (Å²) in [4.78, 5) is 11.9. The van der Waals surface area contributed by atoms with Crippen molar-refractivity contribution in [2.24, 2.45) is 0 Å². The van der Waals surface area contributed by atoms with Crippen LogP contribution >= 0.6 is 11.6 Å². The molecular formula is C17H19ClN2O3. The molecule has 5 nitrogen and oxygen atoms in total. The Bertz CT molecular complexity index is 651. The minimum atomic E-state index is -0.845. The van der Waals surface area contributed by atoms with Gasteiger partial charge in [-0.3, -0.25) is 0 Å². The molecule has 1 fully saturated rings. The number of benzene rings is 1. The Morgan fingerprint density at radius 1 is 1.26 bits per heavy atom. The van der Waals surface area contributed by atoms with Crippen LogP contribution in [0.25, 0.3) is 0 Å². The predicted octanol–water partition coefficient (Wildman–Crippen LogP) is 3.00. The van der Waals surface area contributed by atoms with Gasteiger partial charge in [-0.25, -0.2) is 4.79 Å². The third-order valence-corrected chi connectivity index (χ3v) is 4.48. The van der Waals surface area contributed by atoms with Gasteiger partial charge in [0, 0.05) is 17.0 Å². The first kappa shape index (κ1) is 15.9. The number of carbonyl (C=O) groups is 1. The Kier molecular flexibility index (Phi) is 4.59. The number of rotatable bonds is 6. The van der Waals surface area contributed by atoms with Gasteiger partial charge in [-0.1, -0.05) is 23.7 Å². The van der Waals surface area contributed by atoms with Gasteiger partial charge in [0.1, 0.15) is 11.9 Å². The summed E-state index contributed by atoms with van der Waals surface area (Å²) in [6.07, 6.45) is 2.73. The molecule has 2 amide bonds. The lowest BCUT2D eigenvalue weighted by molar-refractivity contribution is 0.148. The van der Waals surface area contributed by atoms with E-state index in [1.807, 2.05) is 24.3 Å². The zero-order chi connectivity index (χ0) is 16.3. The molecule has 1 atom stereocenters. The molecule has 0 saturated heterocycles. The second kappa shape index (κ2) is 6.64. The van der Waals surface area contributed by atoms with E-state index in [0.29, 0.717) is 17.3 Å². The summed E-state index contributed by atoms with van der Waals surface area (Å²) in [5, 5.41) is 16.1. The van der Waals surface area contributed by atoms with Crippen LogP contribution in [0.1, 0.15) is 30.3 Å². The van der Waals surface area contributed by atoms with Crippen LogP contribution in [-0.2, 0) is 5.41 Å². The Balaban J connectivity index is 1.46. The van der Waals surface area contributed by atoms with E-state index in [1.54, 1.807) is 12.1 Å². The first-order valence-corrected chi connectivity index (χ1v) is 7.96. The number of furan rings is 1. The van der Waals surface area contributed by atoms with Crippen molar-refractivity contribution in [2.75, 3.05) is 13.1 Å². The van der Waals surface area contributed by atoms with Crippen LogP contribution in [0.2, 0.25) is 5.02 Å². The molecular weight excluding hydrogens is 316 g/mol. The fraction of sp³-hybridized carbons (Fsp3) is 0.353. The van der Waals surface area contributed by atoms with Crippen molar-refractivity contribution < 1.29 is 14.3 Å². The average Bonchev–Trinajstić information content (AvgIpc) is 3.14. The minimum Gasteiger partial charge on any atom is -0.467 e. The number of aliphatic hydroxyl groups excluding tert-OH is 1. The molecule has 1 unspecified atom stereocenters. The monoisotopic (exact) mass is 334 g/mol. The highest BCUT2D eigenvalue weighted by Gasteiger charge is 2.44. The molecule has 3 N–H and O–H groups in total. The Hall–Kier alpha value is -1.98. The van der Waals surface area contributed by atoms with Crippen molar-refractivity contribution >= 4 is 17.6 Å². The molecule has 1 heterocycles. The molecule has 6 heteroatoms. The van der Waals surface area contributed by atoms with Crippen molar-refractivity contribution in [3.05, 3.63) is 59.0 Å². The smallest absolute Gasteiger partial charge is 0.314 e. The van der Waals surface area contributed by atoms with Crippen molar-refractivity contribution in [3.8, 4) is 0 Å². The molecule has 122 valence electrons. The third kappa shape index (κ3) is 3.86. The summed E-state index contributed by atoms with van der Waals surface area (Å²) < 4.78 is 5.09. The van der Waals surface area contributed by atoms with Gasteiger partial charge in [-0.05, 0) is 42.7 Å². The fourth-order valence-corrected chi connectivity index (χ4v) is 2.73. The number of amides is 2. The summed E-state index contributed by atoms with van der Waals surface area (Å²) in [6, 6.07) is 10.8. The lowest BCUT2D eigenvalue weighted by Gasteiger charge is -2.17. The summed E-state index contributed by atoms with van der Waals surface area (Å²) >= 11 is 5.91.